The van der Waals surface area contributed by atoms with Crippen molar-refractivity contribution in [2.75, 3.05) is 38.7 Å². The van der Waals surface area contributed by atoms with Crippen LogP contribution >= 0.6 is 0 Å². The van der Waals surface area contributed by atoms with Crippen molar-refractivity contribution in [1.29, 1.82) is 0 Å². The van der Waals surface area contributed by atoms with Gasteiger partial charge in [0.05, 0.1) is 12.6 Å². The van der Waals surface area contributed by atoms with E-state index in [0.29, 0.717) is 6.61 Å². The van der Waals surface area contributed by atoms with Crippen molar-refractivity contribution in [2.24, 2.45) is 5.92 Å². The molecule has 1 N–H and O–H groups in total. The Kier molecular flexibility index (Phi) is 5.22. The van der Waals surface area contributed by atoms with Gasteiger partial charge in [-0.25, -0.2) is 0 Å². The van der Waals surface area contributed by atoms with Gasteiger partial charge in [0.2, 0.25) is 0 Å². The van der Waals surface area contributed by atoms with Crippen molar-refractivity contribution < 1.29 is 14.3 Å². The second-order valence-electron chi connectivity index (χ2n) is 8.46. The first-order chi connectivity index (χ1) is 14.2. The van der Waals surface area contributed by atoms with Gasteiger partial charge in [-0.15, -0.1) is 0 Å². The quantitative estimate of drug-likeness (QED) is 0.728. The molecule has 5 rings (SSSR count). The Morgan fingerprint density at radius 2 is 2.10 bits per heavy atom. The van der Waals surface area contributed by atoms with Crippen molar-refractivity contribution in [3.63, 3.8) is 0 Å². The third-order valence-electron chi connectivity index (χ3n) is 6.34. The molecule has 2 heterocycles. The molecule has 2 fully saturated rings. The molecule has 0 bridgehead atoms. The molecule has 1 unspecified atom stereocenters. The van der Waals surface area contributed by atoms with Crippen LogP contribution in [-0.2, 0) is 17.7 Å². The van der Waals surface area contributed by atoms with Gasteiger partial charge in [-0.2, -0.15) is 5.06 Å². The van der Waals surface area contributed by atoms with Gasteiger partial charge in [-0.3, -0.25) is 9.82 Å². The monoisotopic (exact) mass is 397 g/mol. The Hall–Kier alpha value is -2.05. The summed E-state index contributed by atoms with van der Waals surface area (Å²) in [5.41, 5.74) is 4.89. The van der Waals surface area contributed by atoms with E-state index >= 15 is 0 Å². The van der Waals surface area contributed by atoms with E-state index in [1.165, 1.54) is 36.2 Å². The van der Waals surface area contributed by atoms with Gasteiger partial charge in [0.1, 0.15) is 12.7 Å². The molecule has 0 amide bonds. The highest BCUT2D eigenvalue weighted by Crippen LogP contribution is 2.40. The zero-order valence-corrected chi connectivity index (χ0v) is 17.5. The number of anilines is 1. The fourth-order valence-electron chi connectivity index (χ4n) is 4.45. The Morgan fingerprint density at radius 3 is 2.86 bits per heavy atom. The maximum atomic E-state index is 6.14. The lowest BCUT2D eigenvalue weighted by molar-refractivity contribution is -0.149. The van der Waals surface area contributed by atoms with Crippen LogP contribution < -0.4 is 14.8 Å². The predicted molar refractivity (Wildman–Crippen MR) is 114 cm³/mol. The number of methoxy groups -OCH3 is 1. The van der Waals surface area contributed by atoms with Crippen LogP contribution in [0.2, 0.25) is 0 Å². The summed E-state index contributed by atoms with van der Waals surface area (Å²) in [6, 6.07) is 4.14. The summed E-state index contributed by atoms with van der Waals surface area (Å²) >= 11 is 0. The smallest absolute Gasteiger partial charge is 0.163 e. The average Bonchev–Trinajstić information content (AvgIpc) is 3.25. The number of nitrogens with zero attached hydrogens (tertiary/aromatic N) is 2. The second kappa shape index (κ2) is 8.00. The van der Waals surface area contributed by atoms with Gasteiger partial charge in [0.15, 0.2) is 11.5 Å². The number of rotatable bonds is 8. The van der Waals surface area contributed by atoms with Crippen molar-refractivity contribution >= 4 is 16.6 Å². The third-order valence-corrected chi connectivity index (χ3v) is 6.34. The molecule has 29 heavy (non-hydrogen) atoms. The van der Waals surface area contributed by atoms with Crippen LogP contribution in [0.3, 0.4) is 0 Å². The molecule has 2 aromatic rings. The largest absolute Gasteiger partial charge is 0.493 e. The van der Waals surface area contributed by atoms with Gasteiger partial charge in [-0.05, 0) is 56.1 Å². The zero-order valence-electron chi connectivity index (χ0n) is 17.5. The Bertz CT molecular complexity index is 897. The molecule has 156 valence electrons. The van der Waals surface area contributed by atoms with Gasteiger partial charge < -0.3 is 14.8 Å². The van der Waals surface area contributed by atoms with Crippen molar-refractivity contribution in [3.05, 3.63) is 23.4 Å². The van der Waals surface area contributed by atoms with Crippen LogP contribution in [0.1, 0.15) is 43.9 Å². The first kappa shape index (κ1) is 18.9. The molecular weight excluding hydrogens is 366 g/mol. The topological polar surface area (TPSA) is 55.9 Å². The molecule has 3 aliphatic rings. The van der Waals surface area contributed by atoms with E-state index in [4.69, 9.17) is 19.3 Å². The second-order valence-corrected chi connectivity index (χ2v) is 8.46. The standard InChI is InChI=1S/C23H31N3O3/c1-3-26-10-9-16(29-26)14-28-22-12-20-18(11-21(22)27-2)23(24-13-15-7-8-15)17-5-4-6-19(17)25-20/h11-12,15-16H,3-10,13-14H2,1-2H3,(H,24,25). The fraction of sp³-hybridized carbons (Fsp3) is 0.609. The number of pyridine rings is 1. The molecule has 1 aliphatic heterocycles. The number of hydrogen-bond donors (Lipinski definition) is 1. The van der Waals surface area contributed by atoms with Gasteiger partial charge in [-0.1, -0.05) is 6.92 Å². The highest BCUT2D eigenvalue weighted by Gasteiger charge is 2.26. The molecular formula is C23H31N3O3. The SMILES string of the molecule is CCN1CCC(COc2cc3nc4c(c(NCC5CC5)c3cc2OC)CCC4)O1. The number of ether oxygens (including phenoxy) is 2. The number of fused-ring (bicyclic) bond motifs is 2. The van der Waals surface area contributed by atoms with E-state index in [0.717, 1.165) is 67.2 Å². The minimum absolute atomic E-state index is 0.0964. The molecule has 0 spiro atoms. The summed E-state index contributed by atoms with van der Waals surface area (Å²) in [6.45, 7) is 5.55. The molecule has 1 atom stereocenters. The van der Waals surface area contributed by atoms with E-state index in [1.54, 1.807) is 7.11 Å². The Balaban J connectivity index is 1.43. The number of aryl methyl sites for hydroxylation is 1. The van der Waals surface area contributed by atoms with E-state index in [2.05, 4.69) is 18.3 Å². The van der Waals surface area contributed by atoms with Gasteiger partial charge >= 0.3 is 0 Å². The number of hydroxylamine groups is 2. The zero-order chi connectivity index (χ0) is 19.8. The van der Waals surface area contributed by atoms with Crippen molar-refractivity contribution in [2.45, 2.75) is 51.6 Å². The van der Waals surface area contributed by atoms with E-state index in [1.807, 2.05) is 11.1 Å². The average molecular weight is 398 g/mol. The lowest BCUT2D eigenvalue weighted by atomic mass is 10.1. The van der Waals surface area contributed by atoms with Crippen molar-refractivity contribution in [1.82, 2.24) is 10.0 Å². The maximum absolute atomic E-state index is 6.14. The van der Waals surface area contributed by atoms with Crippen LogP contribution in [0.25, 0.3) is 10.9 Å². The highest BCUT2D eigenvalue weighted by atomic mass is 16.7. The Labute approximate surface area is 172 Å². The molecule has 1 saturated heterocycles. The number of benzene rings is 1. The lowest BCUT2D eigenvalue weighted by Gasteiger charge is -2.18. The lowest BCUT2D eigenvalue weighted by Crippen LogP contribution is -2.22. The minimum Gasteiger partial charge on any atom is -0.493 e. The third kappa shape index (κ3) is 3.88. The van der Waals surface area contributed by atoms with Crippen LogP contribution in [-0.4, -0.2) is 49.5 Å². The maximum Gasteiger partial charge on any atom is 0.163 e. The predicted octanol–water partition coefficient (Wildman–Crippen LogP) is 3.96. The molecule has 6 nitrogen and oxygen atoms in total. The summed E-state index contributed by atoms with van der Waals surface area (Å²) in [7, 11) is 1.71. The summed E-state index contributed by atoms with van der Waals surface area (Å²) in [4.78, 5) is 10.9. The van der Waals surface area contributed by atoms with Crippen LogP contribution in [0, 0.1) is 5.92 Å². The van der Waals surface area contributed by atoms with Crippen LogP contribution in [0.15, 0.2) is 12.1 Å². The summed E-state index contributed by atoms with van der Waals surface area (Å²) in [5.74, 6) is 2.34. The van der Waals surface area contributed by atoms with Crippen molar-refractivity contribution in [3.8, 4) is 11.5 Å². The number of aromatic nitrogens is 1. The first-order valence-corrected chi connectivity index (χ1v) is 11.1. The van der Waals surface area contributed by atoms with E-state index in [9.17, 15) is 0 Å². The van der Waals surface area contributed by atoms with Crippen LogP contribution in [0.5, 0.6) is 11.5 Å². The molecule has 6 heteroatoms. The highest BCUT2D eigenvalue weighted by molar-refractivity contribution is 5.96. The normalized spacial score (nSPS) is 21.5. The number of nitrogens with one attached hydrogen (secondary N) is 1. The van der Waals surface area contributed by atoms with E-state index in [-0.39, 0.29) is 6.10 Å². The van der Waals surface area contributed by atoms with Crippen LogP contribution in [0.4, 0.5) is 5.69 Å². The summed E-state index contributed by atoms with van der Waals surface area (Å²) < 4.78 is 11.8. The van der Waals surface area contributed by atoms with Gasteiger partial charge in [0.25, 0.3) is 0 Å². The molecule has 1 aromatic heterocycles. The summed E-state index contributed by atoms with van der Waals surface area (Å²) in [6.07, 6.45) is 7.14. The minimum atomic E-state index is 0.0964. The van der Waals surface area contributed by atoms with E-state index < -0.39 is 0 Å². The summed E-state index contributed by atoms with van der Waals surface area (Å²) in [5, 5.41) is 6.88. The first-order valence-electron chi connectivity index (χ1n) is 11.1. The Morgan fingerprint density at radius 1 is 1.21 bits per heavy atom. The molecule has 0 radical (unpaired) electrons. The number of hydrogen-bond acceptors (Lipinski definition) is 6. The fourth-order valence-corrected chi connectivity index (χ4v) is 4.45. The van der Waals surface area contributed by atoms with Gasteiger partial charge in [0, 0.05) is 42.5 Å². The molecule has 2 aliphatic carbocycles. The molecule has 1 saturated carbocycles. The molecule has 1 aromatic carbocycles.